The van der Waals surface area contributed by atoms with E-state index in [0.717, 1.165) is 22.4 Å². The lowest BCUT2D eigenvalue weighted by Gasteiger charge is -2.20. The molecule has 1 N–H and O–H groups in total. The Bertz CT molecular complexity index is 1080. The third-order valence-electron chi connectivity index (χ3n) is 4.64. The van der Waals surface area contributed by atoms with E-state index in [0.29, 0.717) is 17.8 Å². The Kier molecular flexibility index (Phi) is 5.35. The molecule has 2 heterocycles. The van der Waals surface area contributed by atoms with Crippen molar-refractivity contribution in [3.63, 3.8) is 0 Å². The molecule has 0 saturated carbocycles. The molecule has 2 aromatic heterocycles. The molecule has 0 aliphatic rings. The lowest BCUT2D eigenvalue weighted by molar-refractivity contribution is 0.0938. The number of hydrogen-bond donors (Lipinski definition) is 1. The highest BCUT2D eigenvalue weighted by Gasteiger charge is 2.23. The van der Waals surface area contributed by atoms with Gasteiger partial charge >= 0.3 is 0 Å². The van der Waals surface area contributed by atoms with E-state index < -0.39 is 0 Å². The monoisotopic (exact) mass is 387 g/mol. The first kappa shape index (κ1) is 18.2. The van der Waals surface area contributed by atoms with E-state index in [1.165, 1.54) is 11.3 Å². The predicted molar refractivity (Wildman–Crippen MR) is 115 cm³/mol. The van der Waals surface area contributed by atoms with Crippen LogP contribution < -0.4 is 5.32 Å². The second-order valence-corrected chi connectivity index (χ2v) is 7.50. The number of carbonyl (C=O) groups is 1. The molecule has 0 aliphatic carbocycles. The van der Waals surface area contributed by atoms with Crippen LogP contribution in [0.4, 0.5) is 0 Å². The quantitative estimate of drug-likeness (QED) is 0.454. The van der Waals surface area contributed by atoms with Gasteiger partial charge in [0.15, 0.2) is 0 Å². The van der Waals surface area contributed by atoms with E-state index in [9.17, 15) is 4.79 Å². The second kappa shape index (κ2) is 8.23. The normalized spacial score (nSPS) is 12.0. The summed E-state index contributed by atoms with van der Waals surface area (Å²) in [6.07, 6.45) is 2.52. The van der Waals surface area contributed by atoms with Gasteiger partial charge in [-0.05, 0) is 35.6 Å². The highest BCUT2D eigenvalue weighted by molar-refractivity contribution is 7.12. The number of nitrogens with one attached hydrogen (secondary N) is 1. The molecule has 1 amide bonds. The van der Waals surface area contributed by atoms with Gasteiger partial charge in [-0.1, -0.05) is 54.6 Å². The second-order valence-electron chi connectivity index (χ2n) is 6.55. The number of allylic oxidation sites excluding steroid dienone is 1. The van der Waals surface area contributed by atoms with Crippen LogP contribution in [-0.2, 0) is 13.0 Å². The highest BCUT2D eigenvalue weighted by Crippen LogP contribution is 2.25. The Balaban J connectivity index is 1.76. The van der Waals surface area contributed by atoms with Gasteiger partial charge in [0.05, 0.1) is 22.0 Å². The molecule has 4 nitrogen and oxygen atoms in total. The van der Waals surface area contributed by atoms with E-state index in [2.05, 4.69) is 34.7 Å². The molecular formula is C23H21N3OS. The van der Waals surface area contributed by atoms with Crippen molar-refractivity contribution >= 4 is 28.3 Å². The number of imidazole rings is 1. The van der Waals surface area contributed by atoms with Crippen molar-refractivity contribution in [3.8, 4) is 0 Å². The summed E-state index contributed by atoms with van der Waals surface area (Å²) in [5.74, 6) is 0.767. The van der Waals surface area contributed by atoms with Gasteiger partial charge in [-0.25, -0.2) is 4.98 Å². The van der Waals surface area contributed by atoms with Crippen LogP contribution in [0.1, 0.15) is 27.1 Å². The largest absolute Gasteiger partial charge is 0.341 e. The Morgan fingerprint density at radius 2 is 1.89 bits per heavy atom. The Hall–Kier alpha value is -3.18. The number of rotatable bonds is 7. The summed E-state index contributed by atoms with van der Waals surface area (Å²) >= 11 is 1.44. The molecule has 2 aromatic carbocycles. The summed E-state index contributed by atoms with van der Waals surface area (Å²) < 4.78 is 2.13. The van der Waals surface area contributed by atoms with Crippen LogP contribution in [0.25, 0.3) is 11.0 Å². The zero-order chi connectivity index (χ0) is 19.3. The minimum absolute atomic E-state index is 0.0758. The van der Waals surface area contributed by atoms with Gasteiger partial charge in [0.1, 0.15) is 5.82 Å². The maximum Gasteiger partial charge on any atom is 0.261 e. The van der Waals surface area contributed by atoms with Crippen LogP contribution >= 0.6 is 11.3 Å². The molecule has 140 valence electrons. The summed E-state index contributed by atoms with van der Waals surface area (Å²) in [5.41, 5.74) is 3.11. The fourth-order valence-electron chi connectivity index (χ4n) is 3.37. The molecular weight excluding hydrogens is 366 g/mol. The SMILES string of the molecule is C=CCn1c([C@@H](Cc2ccccc2)NC(=O)c2cccs2)nc2ccccc21. The number of carbonyl (C=O) groups excluding carboxylic acids is 1. The predicted octanol–water partition coefficient (Wildman–Crippen LogP) is 5.00. The average molecular weight is 388 g/mol. The third kappa shape index (κ3) is 3.75. The minimum Gasteiger partial charge on any atom is -0.341 e. The van der Waals surface area contributed by atoms with Gasteiger partial charge in [-0.3, -0.25) is 4.79 Å². The van der Waals surface area contributed by atoms with Crippen LogP contribution in [-0.4, -0.2) is 15.5 Å². The summed E-state index contributed by atoms with van der Waals surface area (Å²) in [4.78, 5) is 18.4. The summed E-state index contributed by atoms with van der Waals surface area (Å²) in [6.45, 7) is 4.53. The van der Waals surface area contributed by atoms with Crippen molar-refractivity contribution in [3.05, 3.63) is 101 Å². The number of benzene rings is 2. The highest BCUT2D eigenvalue weighted by atomic mass is 32.1. The first-order valence-electron chi connectivity index (χ1n) is 9.20. The summed E-state index contributed by atoms with van der Waals surface area (Å²) in [5, 5.41) is 5.11. The van der Waals surface area contributed by atoms with Gasteiger partial charge in [0, 0.05) is 6.54 Å². The lowest BCUT2D eigenvalue weighted by Crippen LogP contribution is -2.31. The summed E-state index contributed by atoms with van der Waals surface area (Å²) in [6, 6.07) is 21.7. The van der Waals surface area contributed by atoms with Crippen molar-refractivity contribution in [2.45, 2.75) is 19.0 Å². The molecule has 0 spiro atoms. The van der Waals surface area contributed by atoms with Gasteiger partial charge in [0.2, 0.25) is 0 Å². The van der Waals surface area contributed by atoms with E-state index in [1.54, 1.807) is 0 Å². The topological polar surface area (TPSA) is 46.9 Å². The zero-order valence-corrected chi connectivity index (χ0v) is 16.2. The number of hydrogen-bond acceptors (Lipinski definition) is 3. The molecule has 0 fully saturated rings. The van der Waals surface area contributed by atoms with Crippen LogP contribution in [0.3, 0.4) is 0 Å². The number of nitrogens with zero attached hydrogens (tertiary/aromatic N) is 2. The molecule has 28 heavy (non-hydrogen) atoms. The number of fused-ring (bicyclic) bond motifs is 1. The molecule has 0 radical (unpaired) electrons. The van der Waals surface area contributed by atoms with Crippen molar-refractivity contribution in [2.75, 3.05) is 0 Å². The standard InChI is InChI=1S/C23H21N3OS/c1-2-14-26-20-12-7-6-11-18(20)24-22(26)19(16-17-9-4-3-5-10-17)25-23(27)21-13-8-15-28-21/h2-13,15,19H,1,14,16H2,(H,25,27)/t19-/m1/s1. The smallest absolute Gasteiger partial charge is 0.261 e. The maximum atomic E-state index is 12.8. The fraction of sp³-hybridized carbons (Fsp3) is 0.130. The Labute approximate surface area is 168 Å². The summed E-state index contributed by atoms with van der Waals surface area (Å²) in [7, 11) is 0. The molecule has 1 atom stereocenters. The van der Waals surface area contributed by atoms with Crippen LogP contribution in [0.5, 0.6) is 0 Å². The van der Waals surface area contributed by atoms with Crippen molar-refractivity contribution in [1.29, 1.82) is 0 Å². The zero-order valence-electron chi connectivity index (χ0n) is 15.4. The number of aromatic nitrogens is 2. The number of para-hydroxylation sites is 2. The Morgan fingerprint density at radius 1 is 1.11 bits per heavy atom. The average Bonchev–Trinajstić information content (AvgIpc) is 3.37. The fourth-order valence-corrected chi connectivity index (χ4v) is 4.00. The lowest BCUT2D eigenvalue weighted by atomic mass is 10.0. The van der Waals surface area contributed by atoms with Gasteiger partial charge < -0.3 is 9.88 Å². The molecule has 5 heteroatoms. The van der Waals surface area contributed by atoms with Crippen molar-refractivity contribution in [2.24, 2.45) is 0 Å². The maximum absolute atomic E-state index is 12.8. The van der Waals surface area contributed by atoms with E-state index in [-0.39, 0.29) is 11.9 Å². The molecule has 4 aromatic rings. The molecule has 0 unspecified atom stereocenters. The molecule has 0 aliphatic heterocycles. The van der Waals surface area contributed by atoms with Crippen LogP contribution in [0.2, 0.25) is 0 Å². The van der Waals surface area contributed by atoms with Gasteiger partial charge in [-0.15, -0.1) is 17.9 Å². The third-order valence-corrected chi connectivity index (χ3v) is 5.51. The van der Waals surface area contributed by atoms with Crippen molar-refractivity contribution in [1.82, 2.24) is 14.9 Å². The number of amides is 1. The number of thiophene rings is 1. The van der Waals surface area contributed by atoms with E-state index in [1.807, 2.05) is 60.0 Å². The van der Waals surface area contributed by atoms with Crippen LogP contribution in [0.15, 0.2) is 84.8 Å². The molecule has 0 saturated heterocycles. The Morgan fingerprint density at radius 3 is 2.64 bits per heavy atom. The van der Waals surface area contributed by atoms with E-state index in [4.69, 9.17) is 4.98 Å². The molecule has 4 rings (SSSR count). The van der Waals surface area contributed by atoms with Gasteiger partial charge in [0.25, 0.3) is 5.91 Å². The minimum atomic E-state index is -0.246. The first-order valence-corrected chi connectivity index (χ1v) is 10.1. The van der Waals surface area contributed by atoms with E-state index >= 15 is 0 Å². The molecule has 0 bridgehead atoms. The van der Waals surface area contributed by atoms with Crippen molar-refractivity contribution < 1.29 is 4.79 Å². The van der Waals surface area contributed by atoms with Gasteiger partial charge in [-0.2, -0.15) is 0 Å². The van der Waals surface area contributed by atoms with Crippen LogP contribution in [0, 0.1) is 0 Å². The first-order chi connectivity index (χ1) is 13.8.